The zero-order valence-electron chi connectivity index (χ0n) is 12.2. The van der Waals surface area contributed by atoms with Gasteiger partial charge in [-0.1, -0.05) is 0 Å². The van der Waals surface area contributed by atoms with Gasteiger partial charge in [-0.2, -0.15) is 4.98 Å². The van der Waals surface area contributed by atoms with Crippen LogP contribution in [0, 0.1) is 10.1 Å². The van der Waals surface area contributed by atoms with Gasteiger partial charge in [-0.25, -0.2) is 4.98 Å². The Kier molecular flexibility index (Phi) is 7.99. The standard InChI is InChI=1S/C12H20N4O5/c1-3-13-12-14-9-10(16(17)18)11(15-12)21-8-7-20-6-4-5-19-2/h9H,3-8H2,1-2H3,(H,13,14,15). The molecule has 0 aromatic carbocycles. The zero-order chi connectivity index (χ0) is 15.5. The number of methoxy groups -OCH3 is 1. The number of nitrogens with one attached hydrogen (secondary N) is 1. The lowest BCUT2D eigenvalue weighted by Crippen LogP contribution is -2.11. The molecule has 1 aromatic rings. The van der Waals surface area contributed by atoms with Crippen LogP contribution in [0.5, 0.6) is 5.88 Å². The summed E-state index contributed by atoms with van der Waals surface area (Å²) in [6, 6.07) is 0. The monoisotopic (exact) mass is 300 g/mol. The highest BCUT2D eigenvalue weighted by molar-refractivity contribution is 5.43. The van der Waals surface area contributed by atoms with E-state index >= 15 is 0 Å². The van der Waals surface area contributed by atoms with Gasteiger partial charge in [-0.3, -0.25) is 10.1 Å². The molecule has 0 unspecified atom stereocenters. The molecule has 21 heavy (non-hydrogen) atoms. The van der Waals surface area contributed by atoms with Gasteiger partial charge in [0, 0.05) is 26.9 Å². The van der Waals surface area contributed by atoms with Gasteiger partial charge in [0.2, 0.25) is 5.95 Å². The topological polar surface area (TPSA) is 109 Å². The number of hydrogen-bond acceptors (Lipinski definition) is 8. The van der Waals surface area contributed by atoms with Gasteiger partial charge in [0.15, 0.2) is 0 Å². The first kappa shape index (κ1) is 17.1. The summed E-state index contributed by atoms with van der Waals surface area (Å²) in [5, 5.41) is 13.7. The molecule has 1 rings (SSSR count). The van der Waals surface area contributed by atoms with E-state index in [4.69, 9.17) is 14.2 Å². The average Bonchev–Trinajstić information content (AvgIpc) is 2.46. The summed E-state index contributed by atoms with van der Waals surface area (Å²) < 4.78 is 15.5. The Hall–Kier alpha value is -2.00. The van der Waals surface area contributed by atoms with Crippen LogP contribution >= 0.6 is 0 Å². The smallest absolute Gasteiger partial charge is 0.349 e. The minimum atomic E-state index is -0.579. The Morgan fingerprint density at radius 1 is 1.33 bits per heavy atom. The van der Waals surface area contributed by atoms with Crippen LogP contribution in [0.3, 0.4) is 0 Å². The normalized spacial score (nSPS) is 10.4. The summed E-state index contributed by atoms with van der Waals surface area (Å²) in [5.74, 6) is 0.227. The molecule has 0 spiro atoms. The average molecular weight is 300 g/mol. The predicted molar refractivity (Wildman–Crippen MR) is 75.7 cm³/mol. The number of anilines is 1. The highest BCUT2D eigenvalue weighted by Gasteiger charge is 2.18. The molecule has 0 radical (unpaired) electrons. The van der Waals surface area contributed by atoms with Gasteiger partial charge in [0.25, 0.3) is 5.88 Å². The van der Waals surface area contributed by atoms with Crippen molar-refractivity contribution in [1.82, 2.24) is 9.97 Å². The first-order valence-electron chi connectivity index (χ1n) is 6.63. The molecular weight excluding hydrogens is 280 g/mol. The number of nitrogens with zero attached hydrogens (tertiary/aromatic N) is 3. The van der Waals surface area contributed by atoms with E-state index < -0.39 is 4.92 Å². The number of aromatic nitrogens is 2. The number of hydrogen-bond donors (Lipinski definition) is 1. The molecular formula is C12H20N4O5. The molecule has 0 aliphatic rings. The van der Waals surface area contributed by atoms with Crippen LogP contribution in [0.1, 0.15) is 13.3 Å². The number of nitro groups is 1. The molecule has 0 aliphatic carbocycles. The Morgan fingerprint density at radius 2 is 2.14 bits per heavy atom. The van der Waals surface area contributed by atoms with E-state index in [1.807, 2.05) is 6.92 Å². The van der Waals surface area contributed by atoms with Crippen molar-refractivity contribution >= 4 is 11.6 Å². The summed E-state index contributed by atoms with van der Waals surface area (Å²) in [6.45, 7) is 4.16. The molecule has 0 aliphatic heterocycles. The fourth-order valence-corrected chi connectivity index (χ4v) is 1.44. The van der Waals surface area contributed by atoms with Crippen LogP contribution < -0.4 is 10.1 Å². The maximum Gasteiger partial charge on any atom is 0.349 e. The van der Waals surface area contributed by atoms with Crippen LogP contribution in [0.4, 0.5) is 11.6 Å². The summed E-state index contributed by atoms with van der Waals surface area (Å²) in [7, 11) is 1.62. The molecule has 9 nitrogen and oxygen atoms in total. The molecule has 1 N–H and O–H groups in total. The van der Waals surface area contributed by atoms with Crippen molar-refractivity contribution in [1.29, 1.82) is 0 Å². The van der Waals surface area contributed by atoms with Crippen molar-refractivity contribution in [3.8, 4) is 5.88 Å². The van der Waals surface area contributed by atoms with Gasteiger partial charge < -0.3 is 19.5 Å². The van der Waals surface area contributed by atoms with Crippen molar-refractivity contribution in [2.24, 2.45) is 0 Å². The summed E-state index contributed by atoms with van der Waals surface area (Å²) in [6.07, 6.45) is 1.91. The second kappa shape index (κ2) is 9.83. The fraction of sp³-hybridized carbons (Fsp3) is 0.667. The van der Waals surface area contributed by atoms with E-state index in [0.717, 1.165) is 12.6 Å². The lowest BCUT2D eigenvalue weighted by atomic mass is 10.5. The lowest BCUT2D eigenvalue weighted by Gasteiger charge is -2.08. The van der Waals surface area contributed by atoms with Crippen molar-refractivity contribution < 1.29 is 19.1 Å². The van der Waals surface area contributed by atoms with Gasteiger partial charge in [0.05, 0.1) is 11.5 Å². The second-order valence-corrected chi connectivity index (χ2v) is 3.98. The third kappa shape index (κ3) is 6.32. The van der Waals surface area contributed by atoms with Gasteiger partial charge >= 0.3 is 5.69 Å². The third-order valence-corrected chi connectivity index (χ3v) is 2.37. The van der Waals surface area contributed by atoms with Crippen LogP contribution in [0.25, 0.3) is 0 Å². The summed E-state index contributed by atoms with van der Waals surface area (Å²) >= 11 is 0. The van der Waals surface area contributed by atoms with Gasteiger partial charge in [-0.05, 0) is 13.3 Å². The maximum absolute atomic E-state index is 10.9. The molecule has 0 fully saturated rings. The van der Waals surface area contributed by atoms with E-state index in [2.05, 4.69) is 15.3 Å². The minimum Gasteiger partial charge on any atom is -0.470 e. The molecule has 0 saturated heterocycles. The number of rotatable bonds is 11. The van der Waals surface area contributed by atoms with E-state index in [0.29, 0.717) is 32.3 Å². The minimum absolute atomic E-state index is 0.0635. The predicted octanol–water partition coefficient (Wildman–Crippen LogP) is 1.25. The Bertz CT molecular complexity index is 444. The van der Waals surface area contributed by atoms with Gasteiger partial charge in [-0.15, -0.1) is 0 Å². The Labute approximate surface area is 122 Å². The lowest BCUT2D eigenvalue weighted by molar-refractivity contribution is -0.386. The molecule has 1 heterocycles. The van der Waals surface area contributed by atoms with Crippen molar-refractivity contribution in [2.45, 2.75) is 13.3 Å². The molecule has 1 aromatic heterocycles. The maximum atomic E-state index is 10.9. The first-order chi connectivity index (χ1) is 10.2. The zero-order valence-corrected chi connectivity index (χ0v) is 12.2. The van der Waals surface area contributed by atoms with Crippen LogP contribution in [0.15, 0.2) is 6.20 Å². The Morgan fingerprint density at radius 3 is 2.81 bits per heavy atom. The molecule has 0 atom stereocenters. The molecule has 0 amide bonds. The van der Waals surface area contributed by atoms with Gasteiger partial charge in [0.1, 0.15) is 12.8 Å². The van der Waals surface area contributed by atoms with E-state index in [9.17, 15) is 10.1 Å². The van der Waals surface area contributed by atoms with Crippen molar-refractivity contribution in [2.75, 3.05) is 45.4 Å². The van der Waals surface area contributed by atoms with Crippen LogP contribution in [-0.4, -0.2) is 55.0 Å². The molecule has 118 valence electrons. The molecule has 0 bridgehead atoms. The first-order valence-corrected chi connectivity index (χ1v) is 6.63. The fourth-order valence-electron chi connectivity index (χ4n) is 1.44. The quantitative estimate of drug-likeness (QED) is 0.369. The third-order valence-electron chi connectivity index (χ3n) is 2.37. The van der Waals surface area contributed by atoms with E-state index in [-0.39, 0.29) is 18.2 Å². The van der Waals surface area contributed by atoms with Crippen LogP contribution in [-0.2, 0) is 9.47 Å². The summed E-state index contributed by atoms with van der Waals surface area (Å²) in [4.78, 5) is 18.1. The largest absolute Gasteiger partial charge is 0.470 e. The molecule has 9 heteroatoms. The van der Waals surface area contributed by atoms with E-state index in [1.165, 1.54) is 0 Å². The second-order valence-electron chi connectivity index (χ2n) is 3.98. The number of ether oxygens (including phenoxy) is 3. The van der Waals surface area contributed by atoms with E-state index in [1.54, 1.807) is 7.11 Å². The SMILES string of the molecule is CCNc1ncc([N+](=O)[O-])c(OCCOCCCOC)n1. The van der Waals surface area contributed by atoms with Crippen molar-refractivity contribution in [3.63, 3.8) is 0 Å². The van der Waals surface area contributed by atoms with Crippen LogP contribution in [0.2, 0.25) is 0 Å². The highest BCUT2D eigenvalue weighted by atomic mass is 16.6. The Balaban J connectivity index is 2.47. The van der Waals surface area contributed by atoms with Crippen molar-refractivity contribution in [3.05, 3.63) is 16.3 Å². The highest BCUT2D eigenvalue weighted by Crippen LogP contribution is 2.24. The summed E-state index contributed by atoms with van der Waals surface area (Å²) in [5.41, 5.74) is -0.268. The molecule has 0 saturated carbocycles.